The molecule has 0 aromatic carbocycles. The van der Waals surface area contributed by atoms with Crippen molar-refractivity contribution in [2.24, 2.45) is 11.8 Å². The number of rotatable bonds is 0. The molecule has 0 heteroatoms. The molecular weight excluding hydrogens is 108 g/mol. The zero-order chi connectivity index (χ0) is 6.27. The van der Waals surface area contributed by atoms with Crippen molar-refractivity contribution in [1.29, 1.82) is 0 Å². The molecule has 1 fully saturated rings. The molecule has 2 rings (SSSR count). The highest BCUT2D eigenvalue weighted by Gasteiger charge is 2.36. The van der Waals surface area contributed by atoms with Gasteiger partial charge >= 0.3 is 0 Å². The van der Waals surface area contributed by atoms with Crippen LogP contribution < -0.4 is 0 Å². The highest BCUT2D eigenvalue weighted by molar-refractivity contribution is 5.22. The van der Waals surface area contributed by atoms with Gasteiger partial charge < -0.3 is 0 Å². The maximum Gasteiger partial charge on any atom is -0.0137 e. The third-order valence-electron chi connectivity index (χ3n) is 2.38. The van der Waals surface area contributed by atoms with Gasteiger partial charge in [0.1, 0.15) is 0 Å². The largest absolute Gasteiger partial charge is 0.0845 e. The van der Waals surface area contributed by atoms with E-state index in [-0.39, 0.29) is 0 Å². The molecule has 9 heavy (non-hydrogen) atoms. The van der Waals surface area contributed by atoms with Gasteiger partial charge in [-0.3, -0.25) is 0 Å². The summed E-state index contributed by atoms with van der Waals surface area (Å²) in [5.41, 5.74) is 1.62. The second-order valence-corrected chi connectivity index (χ2v) is 3.12. The van der Waals surface area contributed by atoms with E-state index >= 15 is 0 Å². The Morgan fingerprint density at radius 2 is 2.44 bits per heavy atom. The average molecular weight is 120 g/mol. The fourth-order valence-corrected chi connectivity index (χ4v) is 1.61. The SMILES string of the molecule is CC1=CCC=CC2CC12. The Balaban J connectivity index is 2.21. The molecule has 2 unspecified atom stereocenters. The minimum Gasteiger partial charge on any atom is -0.0845 e. The fourth-order valence-electron chi connectivity index (χ4n) is 1.61. The summed E-state index contributed by atoms with van der Waals surface area (Å²) in [6.07, 6.45) is 9.60. The molecule has 48 valence electrons. The molecule has 0 bridgehead atoms. The normalized spacial score (nSPS) is 39.0. The van der Waals surface area contributed by atoms with Gasteiger partial charge in [-0.25, -0.2) is 0 Å². The van der Waals surface area contributed by atoms with Crippen molar-refractivity contribution in [1.82, 2.24) is 0 Å². The van der Waals surface area contributed by atoms with E-state index in [4.69, 9.17) is 0 Å². The number of hydrogen-bond donors (Lipinski definition) is 0. The van der Waals surface area contributed by atoms with Crippen molar-refractivity contribution >= 4 is 0 Å². The lowest BCUT2D eigenvalue weighted by Gasteiger charge is -1.91. The molecule has 0 saturated heterocycles. The summed E-state index contributed by atoms with van der Waals surface area (Å²) in [5, 5.41) is 0. The third-order valence-corrected chi connectivity index (χ3v) is 2.38. The molecule has 0 heterocycles. The van der Waals surface area contributed by atoms with Crippen LogP contribution >= 0.6 is 0 Å². The first-order valence-corrected chi connectivity index (χ1v) is 3.71. The van der Waals surface area contributed by atoms with E-state index < -0.39 is 0 Å². The standard InChI is InChI=1S/C9H12/c1-7-4-2-3-5-8-6-9(7)8/h3-5,8-9H,2,6H2,1H3. The van der Waals surface area contributed by atoms with E-state index in [9.17, 15) is 0 Å². The molecule has 0 amide bonds. The lowest BCUT2D eigenvalue weighted by Crippen LogP contribution is -1.78. The summed E-state index contributed by atoms with van der Waals surface area (Å²) in [7, 11) is 0. The molecule has 0 aliphatic heterocycles. The highest BCUT2D eigenvalue weighted by atomic mass is 14.4. The first-order chi connectivity index (χ1) is 4.38. The van der Waals surface area contributed by atoms with Crippen LogP contribution in [0.3, 0.4) is 0 Å². The summed E-state index contributed by atoms with van der Waals surface area (Å²) in [4.78, 5) is 0. The minimum absolute atomic E-state index is 0.920. The molecule has 0 aromatic rings. The number of fused-ring (bicyclic) bond motifs is 1. The summed E-state index contributed by atoms with van der Waals surface area (Å²) in [6, 6.07) is 0. The molecule has 2 aliphatic carbocycles. The van der Waals surface area contributed by atoms with Gasteiger partial charge in [0.2, 0.25) is 0 Å². The van der Waals surface area contributed by atoms with Gasteiger partial charge in [-0.15, -0.1) is 0 Å². The zero-order valence-corrected chi connectivity index (χ0v) is 5.80. The molecule has 2 atom stereocenters. The van der Waals surface area contributed by atoms with Gasteiger partial charge in [0.05, 0.1) is 0 Å². The first-order valence-electron chi connectivity index (χ1n) is 3.71. The van der Waals surface area contributed by atoms with Crippen molar-refractivity contribution in [3.8, 4) is 0 Å². The molecule has 0 spiro atoms. The number of hydrogen-bond acceptors (Lipinski definition) is 0. The van der Waals surface area contributed by atoms with Crippen LogP contribution in [0, 0.1) is 11.8 Å². The topological polar surface area (TPSA) is 0 Å². The quantitative estimate of drug-likeness (QED) is 0.431. The summed E-state index contributed by atoms with van der Waals surface area (Å²) < 4.78 is 0. The van der Waals surface area contributed by atoms with E-state index in [1.54, 1.807) is 5.57 Å². The summed E-state index contributed by atoms with van der Waals surface area (Å²) in [5.74, 6) is 1.85. The predicted octanol–water partition coefficient (Wildman–Crippen LogP) is 2.53. The van der Waals surface area contributed by atoms with Crippen LogP contribution in [-0.4, -0.2) is 0 Å². The fraction of sp³-hybridized carbons (Fsp3) is 0.556. The van der Waals surface area contributed by atoms with E-state index in [1.165, 1.54) is 12.8 Å². The van der Waals surface area contributed by atoms with E-state index in [0.717, 1.165) is 11.8 Å². The summed E-state index contributed by atoms with van der Waals surface area (Å²) in [6.45, 7) is 2.26. The third kappa shape index (κ3) is 0.827. The highest BCUT2D eigenvalue weighted by Crippen LogP contribution is 2.46. The van der Waals surface area contributed by atoms with Gasteiger partial charge in [0.15, 0.2) is 0 Å². The lowest BCUT2D eigenvalue weighted by atomic mass is 10.1. The van der Waals surface area contributed by atoms with Crippen LogP contribution in [0.1, 0.15) is 19.8 Å². The molecule has 0 N–H and O–H groups in total. The average Bonchev–Trinajstić information content (AvgIpc) is 2.55. The molecule has 0 nitrogen and oxygen atoms in total. The Labute approximate surface area is 56.3 Å². The summed E-state index contributed by atoms with van der Waals surface area (Å²) >= 11 is 0. The van der Waals surface area contributed by atoms with Crippen molar-refractivity contribution in [2.45, 2.75) is 19.8 Å². The zero-order valence-electron chi connectivity index (χ0n) is 5.80. The van der Waals surface area contributed by atoms with Crippen molar-refractivity contribution in [2.75, 3.05) is 0 Å². The van der Waals surface area contributed by atoms with Gasteiger partial charge in [0.25, 0.3) is 0 Å². The Morgan fingerprint density at radius 3 is 3.33 bits per heavy atom. The minimum atomic E-state index is 0.920. The van der Waals surface area contributed by atoms with E-state index in [0.29, 0.717) is 0 Å². The molecule has 1 saturated carbocycles. The van der Waals surface area contributed by atoms with Gasteiger partial charge in [-0.1, -0.05) is 23.8 Å². The Hall–Kier alpha value is -0.520. The van der Waals surface area contributed by atoms with Crippen LogP contribution in [0.5, 0.6) is 0 Å². The van der Waals surface area contributed by atoms with E-state index in [1.807, 2.05) is 0 Å². The lowest BCUT2D eigenvalue weighted by molar-refractivity contribution is 0.929. The van der Waals surface area contributed by atoms with Crippen molar-refractivity contribution in [3.05, 3.63) is 23.8 Å². The Bertz CT molecular complexity index is 174. The molecule has 0 aromatic heterocycles. The van der Waals surface area contributed by atoms with Crippen LogP contribution in [0.25, 0.3) is 0 Å². The van der Waals surface area contributed by atoms with Crippen molar-refractivity contribution in [3.63, 3.8) is 0 Å². The van der Waals surface area contributed by atoms with Crippen molar-refractivity contribution < 1.29 is 0 Å². The van der Waals surface area contributed by atoms with Gasteiger partial charge in [-0.2, -0.15) is 0 Å². The smallest absolute Gasteiger partial charge is 0.0137 e. The van der Waals surface area contributed by atoms with Crippen LogP contribution in [-0.2, 0) is 0 Å². The van der Waals surface area contributed by atoms with Crippen LogP contribution in [0.2, 0.25) is 0 Å². The van der Waals surface area contributed by atoms with E-state index in [2.05, 4.69) is 25.2 Å². The Morgan fingerprint density at radius 1 is 1.56 bits per heavy atom. The maximum atomic E-state index is 2.37. The van der Waals surface area contributed by atoms with Crippen LogP contribution in [0.4, 0.5) is 0 Å². The van der Waals surface area contributed by atoms with Gasteiger partial charge in [0, 0.05) is 0 Å². The molecular formula is C9H12. The second-order valence-electron chi connectivity index (χ2n) is 3.12. The monoisotopic (exact) mass is 120 g/mol. The Kier molecular flexibility index (Phi) is 1.01. The van der Waals surface area contributed by atoms with Gasteiger partial charge in [-0.05, 0) is 31.6 Å². The second kappa shape index (κ2) is 1.73. The first kappa shape index (κ1) is 5.28. The molecule has 0 radical (unpaired) electrons. The predicted molar refractivity (Wildman–Crippen MR) is 39.1 cm³/mol. The van der Waals surface area contributed by atoms with Crippen LogP contribution in [0.15, 0.2) is 23.8 Å². The maximum absolute atomic E-state index is 2.37. The molecule has 2 aliphatic rings. The number of allylic oxidation sites excluding steroid dienone is 4.